The molecule has 1 atom stereocenters. The molecule has 0 amide bonds. The molecule has 3 N–H and O–H groups in total. The summed E-state index contributed by atoms with van der Waals surface area (Å²) in [4.78, 5) is 24.8. The van der Waals surface area contributed by atoms with Crippen molar-refractivity contribution in [3.8, 4) is 0 Å². The van der Waals surface area contributed by atoms with Crippen LogP contribution in [0.4, 0.5) is 28.7 Å². The van der Waals surface area contributed by atoms with Crippen molar-refractivity contribution in [1.29, 1.82) is 0 Å². The lowest BCUT2D eigenvalue weighted by atomic mass is 10.2. The first kappa shape index (κ1) is 21.2. The Balaban J connectivity index is 1.50. The summed E-state index contributed by atoms with van der Waals surface area (Å²) >= 11 is 0. The first-order valence-corrected chi connectivity index (χ1v) is 12.3. The lowest BCUT2D eigenvalue weighted by Crippen LogP contribution is -2.17. The Morgan fingerprint density at radius 1 is 1.03 bits per heavy atom. The van der Waals surface area contributed by atoms with E-state index in [9.17, 15) is 9.00 Å². The molecule has 0 bridgehead atoms. The molecule has 9 nitrogen and oxygen atoms in total. The third-order valence-corrected chi connectivity index (χ3v) is 6.73. The minimum atomic E-state index is -1.19. The molecule has 4 aromatic rings. The number of aromatic nitrogens is 4. The smallest absolute Gasteiger partial charge is 0.277 e. The van der Waals surface area contributed by atoms with Gasteiger partial charge in [-0.15, -0.1) is 0 Å². The summed E-state index contributed by atoms with van der Waals surface area (Å²) in [6.45, 7) is 2.13. The lowest BCUT2D eigenvalue weighted by molar-refractivity contribution is 0.687. The van der Waals surface area contributed by atoms with Crippen molar-refractivity contribution in [2.75, 3.05) is 34.9 Å². The SMILES string of the molecule is Cn1[nH]c2nc(Nc3ccc(N4CCCC4)cn3)cc(Nc3ccccc3S(C)=O)c2c1=O. The van der Waals surface area contributed by atoms with Gasteiger partial charge in [-0.25, -0.2) is 9.97 Å². The van der Waals surface area contributed by atoms with Crippen LogP contribution < -0.4 is 21.1 Å². The molecule has 10 heteroatoms. The van der Waals surface area contributed by atoms with Crippen molar-refractivity contribution >= 4 is 50.5 Å². The molecule has 3 aromatic heterocycles. The molecule has 1 saturated heterocycles. The summed E-state index contributed by atoms with van der Waals surface area (Å²) < 4.78 is 13.6. The van der Waals surface area contributed by atoms with Gasteiger partial charge in [0.15, 0.2) is 5.65 Å². The number of H-pyrrole nitrogens is 1. The Labute approximate surface area is 193 Å². The van der Waals surface area contributed by atoms with Gasteiger partial charge in [-0.1, -0.05) is 12.1 Å². The normalized spacial score (nSPS) is 14.5. The number of nitrogens with one attached hydrogen (secondary N) is 3. The van der Waals surface area contributed by atoms with Crippen LogP contribution in [0.25, 0.3) is 11.0 Å². The van der Waals surface area contributed by atoms with Gasteiger partial charge < -0.3 is 15.5 Å². The molecule has 1 unspecified atom stereocenters. The Morgan fingerprint density at radius 2 is 1.82 bits per heavy atom. The lowest BCUT2D eigenvalue weighted by Gasteiger charge is -2.17. The number of anilines is 5. The van der Waals surface area contributed by atoms with E-state index in [-0.39, 0.29) is 5.56 Å². The average Bonchev–Trinajstić information content (AvgIpc) is 3.43. The first-order chi connectivity index (χ1) is 16.0. The second kappa shape index (κ2) is 8.70. The molecule has 1 aliphatic rings. The number of hydrogen-bond acceptors (Lipinski definition) is 7. The van der Waals surface area contributed by atoms with Gasteiger partial charge in [0, 0.05) is 32.5 Å². The molecule has 4 heterocycles. The Morgan fingerprint density at radius 3 is 2.55 bits per heavy atom. The fourth-order valence-corrected chi connectivity index (χ4v) is 4.80. The van der Waals surface area contributed by atoms with Crippen LogP contribution in [0.5, 0.6) is 0 Å². The van der Waals surface area contributed by atoms with Gasteiger partial charge in [-0.2, -0.15) is 0 Å². The molecule has 1 aromatic carbocycles. The number of para-hydroxylation sites is 1. The van der Waals surface area contributed by atoms with Crippen LogP contribution in [0.2, 0.25) is 0 Å². The Kier molecular flexibility index (Phi) is 5.59. The quantitative estimate of drug-likeness (QED) is 0.402. The highest BCUT2D eigenvalue weighted by molar-refractivity contribution is 7.84. The zero-order valence-electron chi connectivity index (χ0n) is 18.5. The highest BCUT2D eigenvalue weighted by Gasteiger charge is 2.16. The molecule has 1 aliphatic heterocycles. The topological polar surface area (TPSA) is 108 Å². The second-order valence-electron chi connectivity index (χ2n) is 8.05. The van der Waals surface area contributed by atoms with E-state index in [1.807, 2.05) is 30.5 Å². The molecule has 0 spiro atoms. The van der Waals surface area contributed by atoms with Crippen molar-refractivity contribution in [2.24, 2.45) is 7.05 Å². The summed E-state index contributed by atoms with van der Waals surface area (Å²) in [7, 11) is 0.460. The zero-order chi connectivity index (χ0) is 22.9. The minimum absolute atomic E-state index is 0.199. The molecule has 0 radical (unpaired) electrons. The largest absolute Gasteiger partial charge is 0.370 e. The standard InChI is InChI=1S/C23H25N7O2S/c1-29-23(31)21-17(25-16-7-3-4-8-18(16)33(2)32)13-20(27-22(21)28-29)26-19-10-9-15(14-24-19)30-11-5-6-12-30/h3-4,7-10,13-14H,5-6,11-12H2,1-2H3,(H3,24,25,26,27,28). The van der Waals surface area contributed by atoms with E-state index < -0.39 is 10.8 Å². The number of pyridine rings is 2. The van der Waals surface area contributed by atoms with Crippen LogP contribution in [0.15, 0.2) is 58.4 Å². The summed E-state index contributed by atoms with van der Waals surface area (Å²) in [5.74, 6) is 1.19. The Hall–Kier alpha value is -3.66. The third-order valence-electron chi connectivity index (χ3n) is 5.75. The van der Waals surface area contributed by atoms with Crippen LogP contribution in [0, 0.1) is 0 Å². The number of fused-ring (bicyclic) bond motifs is 1. The average molecular weight is 464 g/mol. The number of nitrogens with zero attached hydrogens (tertiary/aromatic N) is 4. The summed E-state index contributed by atoms with van der Waals surface area (Å²) in [6, 6.07) is 13.1. The van der Waals surface area contributed by atoms with Crippen molar-refractivity contribution in [1.82, 2.24) is 19.7 Å². The van der Waals surface area contributed by atoms with Gasteiger partial charge in [0.25, 0.3) is 5.56 Å². The number of aromatic amines is 1. The molecular formula is C23H25N7O2S. The predicted octanol–water partition coefficient (Wildman–Crippen LogP) is 3.48. The summed E-state index contributed by atoms with van der Waals surface area (Å²) in [5, 5.41) is 9.94. The molecule has 170 valence electrons. The molecule has 0 aliphatic carbocycles. The number of benzene rings is 1. The van der Waals surface area contributed by atoms with Gasteiger partial charge in [0.1, 0.15) is 17.0 Å². The van der Waals surface area contributed by atoms with Crippen molar-refractivity contribution in [3.05, 3.63) is 59.0 Å². The van der Waals surface area contributed by atoms with E-state index in [0.717, 1.165) is 18.8 Å². The first-order valence-electron chi connectivity index (χ1n) is 10.8. The van der Waals surface area contributed by atoms with Gasteiger partial charge in [-0.3, -0.25) is 18.8 Å². The molecular weight excluding hydrogens is 438 g/mol. The molecule has 1 fully saturated rings. The van der Waals surface area contributed by atoms with Gasteiger partial charge >= 0.3 is 0 Å². The highest BCUT2D eigenvalue weighted by atomic mass is 32.2. The van der Waals surface area contributed by atoms with E-state index in [1.165, 1.54) is 17.5 Å². The van der Waals surface area contributed by atoms with Crippen LogP contribution >= 0.6 is 0 Å². The maximum atomic E-state index is 12.7. The number of aryl methyl sites for hydroxylation is 1. The Bertz CT molecular complexity index is 1390. The van der Waals surface area contributed by atoms with Crippen LogP contribution in [-0.4, -0.2) is 43.3 Å². The van der Waals surface area contributed by atoms with E-state index in [1.54, 1.807) is 25.4 Å². The third kappa shape index (κ3) is 4.21. The van der Waals surface area contributed by atoms with E-state index in [4.69, 9.17) is 0 Å². The van der Waals surface area contributed by atoms with E-state index >= 15 is 0 Å². The monoisotopic (exact) mass is 463 g/mol. The number of hydrogen-bond donors (Lipinski definition) is 3. The fourth-order valence-electron chi connectivity index (χ4n) is 4.10. The maximum Gasteiger partial charge on any atom is 0.277 e. The predicted molar refractivity (Wildman–Crippen MR) is 132 cm³/mol. The van der Waals surface area contributed by atoms with Crippen LogP contribution in [0.1, 0.15) is 12.8 Å². The van der Waals surface area contributed by atoms with Crippen LogP contribution in [-0.2, 0) is 17.8 Å². The van der Waals surface area contributed by atoms with Gasteiger partial charge in [-0.05, 0) is 37.1 Å². The van der Waals surface area contributed by atoms with Crippen molar-refractivity contribution in [3.63, 3.8) is 0 Å². The maximum absolute atomic E-state index is 12.7. The highest BCUT2D eigenvalue weighted by Crippen LogP contribution is 2.29. The minimum Gasteiger partial charge on any atom is -0.370 e. The van der Waals surface area contributed by atoms with E-state index in [0.29, 0.717) is 38.9 Å². The van der Waals surface area contributed by atoms with Crippen molar-refractivity contribution < 1.29 is 4.21 Å². The number of rotatable bonds is 6. The molecule has 0 saturated carbocycles. The molecule has 5 rings (SSSR count). The van der Waals surface area contributed by atoms with Crippen LogP contribution in [0.3, 0.4) is 0 Å². The summed E-state index contributed by atoms with van der Waals surface area (Å²) in [6.07, 6.45) is 5.92. The molecule has 33 heavy (non-hydrogen) atoms. The van der Waals surface area contributed by atoms with Gasteiger partial charge in [0.05, 0.1) is 39.0 Å². The second-order valence-corrected chi connectivity index (χ2v) is 9.40. The zero-order valence-corrected chi connectivity index (χ0v) is 19.3. The fraction of sp³-hybridized carbons (Fsp3) is 0.261. The van der Waals surface area contributed by atoms with Gasteiger partial charge in [0.2, 0.25) is 0 Å². The van der Waals surface area contributed by atoms with Crippen molar-refractivity contribution in [2.45, 2.75) is 17.7 Å². The summed E-state index contributed by atoms with van der Waals surface area (Å²) in [5.41, 5.74) is 2.60. The van der Waals surface area contributed by atoms with E-state index in [2.05, 4.69) is 36.7 Å².